The summed E-state index contributed by atoms with van der Waals surface area (Å²) in [5.41, 5.74) is 0.498. The Kier molecular flexibility index (Phi) is 5.39. The molecule has 2 amide bonds. The van der Waals surface area contributed by atoms with Gasteiger partial charge in [0.05, 0.1) is 21.9 Å². The van der Waals surface area contributed by atoms with Gasteiger partial charge in [0.25, 0.3) is 5.91 Å². The zero-order valence-electron chi connectivity index (χ0n) is 14.6. The van der Waals surface area contributed by atoms with Gasteiger partial charge in [-0.15, -0.1) is 11.3 Å². The number of rotatable bonds is 4. The van der Waals surface area contributed by atoms with E-state index in [9.17, 15) is 9.59 Å². The number of amides is 2. The Morgan fingerprint density at radius 2 is 2.00 bits per heavy atom. The van der Waals surface area contributed by atoms with Crippen molar-refractivity contribution in [3.8, 4) is 0 Å². The number of piperidine rings is 1. The molecular weight excluding hydrogens is 405 g/mol. The van der Waals surface area contributed by atoms with Crippen LogP contribution in [0.3, 0.4) is 0 Å². The first kappa shape index (κ1) is 18.7. The molecule has 0 radical (unpaired) electrons. The van der Waals surface area contributed by atoms with Gasteiger partial charge in [-0.1, -0.05) is 23.2 Å². The van der Waals surface area contributed by atoms with E-state index >= 15 is 0 Å². The maximum Gasteiger partial charge on any atom is 0.266 e. The number of hydrogen-bond donors (Lipinski definition) is 1. The largest absolute Gasteiger partial charge is 0.326 e. The molecule has 2 heterocycles. The number of aromatic nitrogens is 1. The fraction of sp³-hybridized carbons (Fsp3) is 0.421. The molecule has 2 aromatic rings. The average Bonchev–Trinajstić information content (AvgIpc) is 3.40. The molecule has 2 fully saturated rings. The molecule has 8 heteroatoms. The number of anilines is 1. The van der Waals surface area contributed by atoms with Gasteiger partial charge in [0.1, 0.15) is 10.9 Å². The summed E-state index contributed by atoms with van der Waals surface area (Å²) in [5, 5.41) is 4.75. The Morgan fingerprint density at radius 1 is 1.19 bits per heavy atom. The molecule has 1 saturated heterocycles. The molecule has 4 rings (SSSR count). The number of nitrogens with zero attached hydrogens (tertiary/aromatic N) is 2. The molecule has 1 aliphatic heterocycles. The van der Waals surface area contributed by atoms with E-state index in [0.29, 0.717) is 39.5 Å². The molecule has 0 spiro atoms. The fourth-order valence-electron chi connectivity index (χ4n) is 3.30. The van der Waals surface area contributed by atoms with E-state index < -0.39 is 6.04 Å². The molecule has 1 aromatic heterocycles. The Bertz CT molecular complexity index is 882. The summed E-state index contributed by atoms with van der Waals surface area (Å²) in [6.07, 6.45) is 6.39. The number of carbonyl (C=O) groups is 2. The smallest absolute Gasteiger partial charge is 0.266 e. The van der Waals surface area contributed by atoms with E-state index in [-0.39, 0.29) is 11.8 Å². The normalized spacial score (nSPS) is 19.8. The predicted octanol–water partition coefficient (Wildman–Crippen LogP) is 4.96. The third-order valence-corrected chi connectivity index (χ3v) is 6.61. The first-order valence-corrected chi connectivity index (χ1v) is 10.6. The molecule has 0 bridgehead atoms. The topological polar surface area (TPSA) is 62.3 Å². The van der Waals surface area contributed by atoms with Gasteiger partial charge in [-0.2, -0.15) is 0 Å². The lowest BCUT2D eigenvalue weighted by atomic mass is 10.0. The Hall–Kier alpha value is -1.63. The molecule has 1 aliphatic carbocycles. The summed E-state index contributed by atoms with van der Waals surface area (Å²) < 4.78 is 0. The van der Waals surface area contributed by atoms with Gasteiger partial charge >= 0.3 is 0 Å². The van der Waals surface area contributed by atoms with Crippen molar-refractivity contribution in [3.63, 3.8) is 0 Å². The molecule has 1 aromatic carbocycles. The van der Waals surface area contributed by atoms with E-state index in [1.54, 1.807) is 29.3 Å². The highest BCUT2D eigenvalue weighted by Gasteiger charge is 2.35. The minimum Gasteiger partial charge on any atom is -0.326 e. The molecule has 1 unspecified atom stereocenters. The summed E-state index contributed by atoms with van der Waals surface area (Å²) in [7, 11) is 0. The zero-order valence-corrected chi connectivity index (χ0v) is 16.9. The van der Waals surface area contributed by atoms with Crippen LogP contribution >= 0.6 is 34.5 Å². The first-order chi connectivity index (χ1) is 13.0. The van der Waals surface area contributed by atoms with Crippen molar-refractivity contribution in [3.05, 3.63) is 44.3 Å². The molecule has 1 N–H and O–H groups in total. The second kappa shape index (κ2) is 7.78. The van der Waals surface area contributed by atoms with E-state index in [1.807, 2.05) is 0 Å². The van der Waals surface area contributed by atoms with Crippen LogP contribution in [0.1, 0.15) is 52.7 Å². The lowest BCUT2D eigenvalue weighted by Crippen LogP contribution is -2.49. The van der Waals surface area contributed by atoms with Crippen LogP contribution in [-0.2, 0) is 4.79 Å². The second-order valence-corrected chi connectivity index (χ2v) is 8.87. The van der Waals surface area contributed by atoms with Crippen molar-refractivity contribution < 1.29 is 9.59 Å². The molecule has 27 heavy (non-hydrogen) atoms. The summed E-state index contributed by atoms with van der Waals surface area (Å²) in [6, 6.07) is 4.41. The quantitative estimate of drug-likeness (QED) is 0.755. The van der Waals surface area contributed by atoms with Gasteiger partial charge in [0.15, 0.2) is 0 Å². The third-order valence-electron chi connectivity index (χ3n) is 4.92. The van der Waals surface area contributed by atoms with Crippen molar-refractivity contribution in [2.45, 2.75) is 44.1 Å². The third kappa shape index (κ3) is 4.13. The van der Waals surface area contributed by atoms with Gasteiger partial charge in [-0.25, -0.2) is 4.98 Å². The van der Waals surface area contributed by atoms with E-state index in [2.05, 4.69) is 10.3 Å². The van der Waals surface area contributed by atoms with Crippen molar-refractivity contribution in [2.75, 3.05) is 11.9 Å². The molecule has 2 aliphatic rings. The molecule has 5 nitrogen and oxygen atoms in total. The minimum atomic E-state index is -0.510. The summed E-state index contributed by atoms with van der Waals surface area (Å²) in [5.74, 6) is 0.185. The van der Waals surface area contributed by atoms with Crippen LogP contribution in [0.25, 0.3) is 0 Å². The SMILES string of the molecule is O=C(Nc1ccc(Cl)cc1Cl)C1CCCCN1C(=O)c1cnc(C2CC2)s1. The van der Waals surface area contributed by atoms with Gasteiger partial charge in [-0.3, -0.25) is 9.59 Å². The van der Waals surface area contributed by atoms with Crippen LogP contribution in [0.15, 0.2) is 24.4 Å². The second-order valence-electron chi connectivity index (χ2n) is 6.96. The molecule has 142 valence electrons. The van der Waals surface area contributed by atoms with Gasteiger partial charge in [0, 0.05) is 17.5 Å². The Morgan fingerprint density at radius 3 is 2.74 bits per heavy atom. The maximum absolute atomic E-state index is 13.0. The van der Waals surface area contributed by atoms with Crippen LogP contribution in [-0.4, -0.2) is 34.3 Å². The Balaban J connectivity index is 1.50. The predicted molar refractivity (Wildman–Crippen MR) is 108 cm³/mol. The van der Waals surface area contributed by atoms with Crippen LogP contribution in [0.5, 0.6) is 0 Å². The van der Waals surface area contributed by atoms with Crippen molar-refractivity contribution in [1.29, 1.82) is 0 Å². The average molecular weight is 424 g/mol. The summed E-state index contributed by atoms with van der Waals surface area (Å²) in [6.45, 7) is 0.571. The van der Waals surface area contributed by atoms with E-state index in [4.69, 9.17) is 23.2 Å². The highest BCUT2D eigenvalue weighted by molar-refractivity contribution is 7.13. The van der Waals surface area contributed by atoms with Crippen LogP contribution in [0.2, 0.25) is 10.0 Å². The number of benzene rings is 1. The van der Waals surface area contributed by atoms with Crippen molar-refractivity contribution in [1.82, 2.24) is 9.88 Å². The fourth-order valence-corrected chi connectivity index (χ4v) is 4.80. The standard InChI is InChI=1S/C19H19Cl2N3O2S/c20-12-6-7-14(13(21)9-12)23-17(25)15-3-1-2-8-24(15)19(26)16-10-22-18(27-16)11-4-5-11/h6-7,9-11,15H,1-5,8H2,(H,23,25). The molecule has 1 atom stereocenters. The number of halogens is 2. The van der Waals surface area contributed by atoms with E-state index in [0.717, 1.165) is 30.7 Å². The first-order valence-electron chi connectivity index (χ1n) is 9.05. The van der Waals surface area contributed by atoms with Gasteiger partial charge < -0.3 is 10.2 Å². The van der Waals surface area contributed by atoms with Crippen molar-refractivity contribution >= 4 is 52.0 Å². The Labute approximate surface area is 171 Å². The highest BCUT2D eigenvalue weighted by atomic mass is 35.5. The van der Waals surface area contributed by atoms with Crippen molar-refractivity contribution in [2.24, 2.45) is 0 Å². The highest BCUT2D eigenvalue weighted by Crippen LogP contribution is 2.42. The number of nitrogens with one attached hydrogen (secondary N) is 1. The van der Waals surface area contributed by atoms with Gasteiger partial charge in [0.2, 0.25) is 5.91 Å². The van der Waals surface area contributed by atoms with Crippen LogP contribution in [0, 0.1) is 0 Å². The van der Waals surface area contributed by atoms with E-state index in [1.165, 1.54) is 11.3 Å². The summed E-state index contributed by atoms with van der Waals surface area (Å²) >= 11 is 13.5. The minimum absolute atomic E-state index is 0.110. The number of likely N-dealkylation sites (tertiary alicyclic amines) is 1. The number of thiazole rings is 1. The maximum atomic E-state index is 13.0. The molecular formula is C19H19Cl2N3O2S. The molecule has 1 saturated carbocycles. The zero-order chi connectivity index (χ0) is 19.0. The number of hydrogen-bond acceptors (Lipinski definition) is 4. The van der Waals surface area contributed by atoms with Crippen LogP contribution < -0.4 is 5.32 Å². The number of carbonyl (C=O) groups excluding carboxylic acids is 2. The lowest BCUT2D eigenvalue weighted by molar-refractivity contribution is -0.121. The van der Waals surface area contributed by atoms with Gasteiger partial charge in [-0.05, 0) is 50.3 Å². The monoisotopic (exact) mass is 423 g/mol. The summed E-state index contributed by atoms with van der Waals surface area (Å²) in [4.78, 5) is 32.6. The lowest BCUT2D eigenvalue weighted by Gasteiger charge is -2.34. The van der Waals surface area contributed by atoms with Crippen LogP contribution in [0.4, 0.5) is 5.69 Å².